The maximum Gasteiger partial charge on any atom is 0.354 e. The highest BCUT2D eigenvalue weighted by Crippen LogP contribution is 2.26. The summed E-state index contributed by atoms with van der Waals surface area (Å²) in [6, 6.07) is 11.8. The fraction of sp³-hybridized carbons (Fsp3) is 0.360. The molecule has 0 fully saturated rings. The van der Waals surface area contributed by atoms with Gasteiger partial charge in [0.1, 0.15) is 6.61 Å². The van der Waals surface area contributed by atoms with Crippen LogP contribution in [-0.2, 0) is 12.1 Å². The van der Waals surface area contributed by atoms with Gasteiger partial charge < -0.3 is 9.47 Å². The van der Waals surface area contributed by atoms with Crippen molar-refractivity contribution in [1.29, 1.82) is 0 Å². The molecule has 0 aliphatic carbocycles. The number of thioether (sulfide) groups is 1. The standard InChI is InChI=1S/C25H28ClFN4O3S/c1-6-35-22-29-23(32)31(24(30-22)33-14-17-7-9-18(26)10-8-17)25(4,5)15-28-19-11-12-21(20(27)13-19)34-16(2)3/h7-13,15-16H,6,14H2,1-5H3. The second-order valence-electron chi connectivity index (χ2n) is 8.45. The molecule has 1 heterocycles. The molecule has 0 amide bonds. The summed E-state index contributed by atoms with van der Waals surface area (Å²) < 4.78 is 27.1. The molecule has 3 aromatic rings. The molecule has 0 bridgehead atoms. The first-order valence-corrected chi connectivity index (χ1v) is 12.5. The van der Waals surface area contributed by atoms with Gasteiger partial charge in [-0.2, -0.15) is 9.97 Å². The molecule has 0 aliphatic rings. The third-order valence-corrected chi connectivity index (χ3v) is 5.69. The Morgan fingerprint density at radius 1 is 1.20 bits per heavy atom. The van der Waals surface area contributed by atoms with E-state index < -0.39 is 17.0 Å². The molecule has 35 heavy (non-hydrogen) atoms. The molecule has 7 nitrogen and oxygen atoms in total. The van der Waals surface area contributed by atoms with Gasteiger partial charge >= 0.3 is 11.7 Å². The number of benzene rings is 2. The van der Waals surface area contributed by atoms with E-state index in [1.165, 1.54) is 34.7 Å². The number of hydrogen-bond acceptors (Lipinski definition) is 7. The van der Waals surface area contributed by atoms with Crippen LogP contribution in [0.5, 0.6) is 11.8 Å². The highest BCUT2D eigenvalue weighted by molar-refractivity contribution is 7.99. The van der Waals surface area contributed by atoms with Gasteiger partial charge in [0, 0.05) is 17.3 Å². The molecule has 0 unspecified atom stereocenters. The molecule has 10 heteroatoms. The molecular weight excluding hydrogens is 491 g/mol. The molecular formula is C25H28ClFN4O3S. The van der Waals surface area contributed by atoms with Crippen LogP contribution in [-0.4, -0.2) is 32.6 Å². The minimum Gasteiger partial charge on any atom is -0.488 e. The van der Waals surface area contributed by atoms with Crippen LogP contribution in [0.3, 0.4) is 0 Å². The summed E-state index contributed by atoms with van der Waals surface area (Å²) in [5.41, 5.74) is -0.263. The molecule has 186 valence electrons. The van der Waals surface area contributed by atoms with Crippen molar-refractivity contribution < 1.29 is 13.9 Å². The summed E-state index contributed by atoms with van der Waals surface area (Å²) in [5.74, 6) is 0.344. The number of ether oxygens (including phenoxy) is 2. The lowest BCUT2D eigenvalue weighted by Crippen LogP contribution is -2.40. The van der Waals surface area contributed by atoms with E-state index in [4.69, 9.17) is 21.1 Å². The topological polar surface area (TPSA) is 78.6 Å². The monoisotopic (exact) mass is 518 g/mol. The SMILES string of the molecule is CCSc1nc(OCc2ccc(Cl)cc2)n(C(C)(C)C=Nc2ccc(OC(C)C)c(F)c2)c(=O)n1. The Labute approximate surface area is 213 Å². The maximum atomic E-state index is 14.4. The van der Waals surface area contributed by atoms with Crippen molar-refractivity contribution in [3.05, 3.63) is 69.4 Å². The summed E-state index contributed by atoms with van der Waals surface area (Å²) >= 11 is 7.30. The van der Waals surface area contributed by atoms with Crippen molar-refractivity contribution in [3.8, 4) is 11.8 Å². The van der Waals surface area contributed by atoms with E-state index in [0.717, 1.165) is 5.56 Å². The van der Waals surface area contributed by atoms with Gasteiger partial charge in [0.25, 0.3) is 0 Å². The minimum atomic E-state index is -0.981. The first-order valence-electron chi connectivity index (χ1n) is 11.1. The lowest BCUT2D eigenvalue weighted by molar-refractivity contribution is 0.231. The second-order valence-corrected chi connectivity index (χ2v) is 10.1. The molecule has 0 atom stereocenters. The number of aromatic nitrogens is 3. The summed E-state index contributed by atoms with van der Waals surface area (Å²) in [4.78, 5) is 26.0. The van der Waals surface area contributed by atoms with Crippen molar-refractivity contribution in [2.45, 2.75) is 58.0 Å². The van der Waals surface area contributed by atoms with E-state index in [9.17, 15) is 9.18 Å². The van der Waals surface area contributed by atoms with Gasteiger partial charge in [-0.1, -0.05) is 42.4 Å². The number of aliphatic imine (C=N–C) groups is 1. The summed E-state index contributed by atoms with van der Waals surface area (Å²) in [5, 5.41) is 0.947. The van der Waals surface area contributed by atoms with E-state index in [-0.39, 0.29) is 24.5 Å². The summed E-state index contributed by atoms with van der Waals surface area (Å²) in [6.45, 7) is 9.32. The zero-order valence-electron chi connectivity index (χ0n) is 20.3. The molecule has 0 aliphatic heterocycles. The van der Waals surface area contributed by atoms with Gasteiger partial charge in [0.15, 0.2) is 16.7 Å². The first kappa shape index (κ1) is 26.7. The van der Waals surface area contributed by atoms with Crippen LogP contribution in [0, 0.1) is 5.82 Å². The molecule has 0 radical (unpaired) electrons. The highest BCUT2D eigenvalue weighted by Gasteiger charge is 2.26. The summed E-state index contributed by atoms with van der Waals surface area (Å²) in [6.07, 6.45) is 1.39. The predicted octanol–water partition coefficient (Wildman–Crippen LogP) is 6.05. The van der Waals surface area contributed by atoms with Crippen molar-refractivity contribution >= 4 is 35.3 Å². The molecule has 2 aromatic carbocycles. The van der Waals surface area contributed by atoms with Gasteiger partial charge in [-0.05, 0) is 63.3 Å². The molecule has 0 saturated carbocycles. The zero-order valence-corrected chi connectivity index (χ0v) is 21.9. The van der Waals surface area contributed by atoms with Crippen molar-refractivity contribution in [1.82, 2.24) is 14.5 Å². The zero-order chi connectivity index (χ0) is 25.6. The lowest BCUT2D eigenvalue weighted by atomic mass is 10.1. The smallest absolute Gasteiger partial charge is 0.354 e. The Balaban J connectivity index is 1.92. The van der Waals surface area contributed by atoms with E-state index in [0.29, 0.717) is 21.6 Å². The van der Waals surface area contributed by atoms with E-state index in [2.05, 4.69) is 15.0 Å². The van der Waals surface area contributed by atoms with Gasteiger partial charge in [-0.15, -0.1) is 0 Å². The van der Waals surface area contributed by atoms with Crippen molar-refractivity contribution in [2.24, 2.45) is 4.99 Å². The Morgan fingerprint density at radius 3 is 2.54 bits per heavy atom. The molecule has 0 N–H and O–H groups in total. The number of rotatable bonds is 10. The van der Waals surface area contributed by atoms with Gasteiger partial charge in [0.2, 0.25) is 0 Å². The molecule has 3 rings (SSSR count). The van der Waals surface area contributed by atoms with Crippen LogP contribution in [0.15, 0.2) is 57.4 Å². The normalized spacial score (nSPS) is 11.9. The Kier molecular flexibility index (Phi) is 8.91. The van der Waals surface area contributed by atoms with Crippen LogP contribution < -0.4 is 15.2 Å². The first-order chi connectivity index (χ1) is 16.6. The average molecular weight is 519 g/mol. The Morgan fingerprint density at radius 2 is 1.91 bits per heavy atom. The Bertz CT molecular complexity index is 1250. The average Bonchev–Trinajstić information content (AvgIpc) is 2.78. The molecule has 0 spiro atoms. The van der Waals surface area contributed by atoms with Crippen LogP contribution in [0.25, 0.3) is 0 Å². The van der Waals surface area contributed by atoms with Crippen molar-refractivity contribution in [2.75, 3.05) is 5.75 Å². The van der Waals surface area contributed by atoms with E-state index in [1.54, 1.807) is 32.0 Å². The van der Waals surface area contributed by atoms with Crippen molar-refractivity contribution in [3.63, 3.8) is 0 Å². The van der Waals surface area contributed by atoms with Gasteiger partial charge in [0.05, 0.1) is 17.3 Å². The lowest BCUT2D eigenvalue weighted by Gasteiger charge is -2.25. The molecule has 1 aromatic heterocycles. The van der Waals surface area contributed by atoms with Crippen LogP contribution in [0.2, 0.25) is 5.02 Å². The minimum absolute atomic E-state index is 0.110. The van der Waals surface area contributed by atoms with Crippen LogP contribution in [0.4, 0.5) is 10.1 Å². The number of nitrogens with zero attached hydrogens (tertiary/aromatic N) is 4. The summed E-state index contributed by atoms with van der Waals surface area (Å²) in [7, 11) is 0. The quantitative estimate of drug-likeness (QED) is 0.240. The maximum absolute atomic E-state index is 14.4. The third kappa shape index (κ3) is 7.29. The second kappa shape index (κ2) is 11.7. The fourth-order valence-corrected chi connectivity index (χ4v) is 3.76. The van der Waals surface area contributed by atoms with E-state index >= 15 is 0 Å². The third-order valence-electron chi connectivity index (χ3n) is 4.70. The van der Waals surface area contributed by atoms with Crippen LogP contribution in [0.1, 0.15) is 40.2 Å². The van der Waals surface area contributed by atoms with Crippen LogP contribution >= 0.6 is 23.4 Å². The highest BCUT2D eigenvalue weighted by atomic mass is 35.5. The largest absolute Gasteiger partial charge is 0.488 e. The fourth-order valence-electron chi connectivity index (χ4n) is 3.09. The Hall–Kier alpha value is -2.91. The number of halogens is 2. The predicted molar refractivity (Wildman–Crippen MR) is 138 cm³/mol. The molecule has 0 saturated heterocycles. The van der Waals surface area contributed by atoms with Gasteiger partial charge in [-0.3, -0.25) is 4.99 Å². The van der Waals surface area contributed by atoms with E-state index in [1.807, 2.05) is 32.9 Å². The van der Waals surface area contributed by atoms with Gasteiger partial charge in [-0.25, -0.2) is 13.8 Å². The number of hydrogen-bond donors (Lipinski definition) is 0.